The van der Waals surface area contributed by atoms with Crippen molar-refractivity contribution in [3.8, 4) is 0 Å². The SMILES string of the molecule is CCc1nnc(CN(C)CCO)o1. The van der Waals surface area contributed by atoms with Gasteiger partial charge in [-0.2, -0.15) is 0 Å². The largest absolute Gasteiger partial charge is 0.424 e. The lowest BCUT2D eigenvalue weighted by atomic mass is 10.5. The van der Waals surface area contributed by atoms with Crippen LogP contribution in [0.15, 0.2) is 4.42 Å². The van der Waals surface area contributed by atoms with Gasteiger partial charge in [-0.05, 0) is 7.05 Å². The highest BCUT2D eigenvalue weighted by Gasteiger charge is 2.06. The maximum absolute atomic E-state index is 8.66. The third-order valence-corrected chi connectivity index (χ3v) is 1.70. The number of aromatic nitrogens is 2. The van der Waals surface area contributed by atoms with E-state index in [2.05, 4.69) is 10.2 Å². The summed E-state index contributed by atoms with van der Waals surface area (Å²) in [6.45, 7) is 3.32. The first-order valence-electron chi connectivity index (χ1n) is 4.37. The van der Waals surface area contributed by atoms with Gasteiger partial charge >= 0.3 is 0 Å². The molecule has 0 unspecified atom stereocenters. The minimum atomic E-state index is 0.144. The number of hydrogen-bond donors (Lipinski definition) is 1. The summed E-state index contributed by atoms with van der Waals surface area (Å²) >= 11 is 0. The van der Waals surface area contributed by atoms with Crippen molar-refractivity contribution in [1.82, 2.24) is 15.1 Å². The number of aliphatic hydroxyl groups excluding tert-OH is 1. The van der Waals surface area contributed by atoms with Gasteiger partial charge in [0.1, 0.15) is 0 Å². The molecule has 1 rings (SSSR count). The van der Waals surface area contributed by atoms with Crippen LogP contribution in [0, 0.1) is 0 Å². The molecule has 0 aliphatic carbocycles. The monoisotopic (exact) mass is 185 g/mol. The highest BCUT2D eigenvalue weighted by Crippen LogP contribution is 2.02. The van der Waals surface area contributed by atoms with Gasteiger partial charge in [0.05, 0.1) is 13.2 Å². The fourth-order valence-electron chi connectivity index (χ4n) is 0.976. The van der Waals surface area contributed by atoms with Gasteiger partial charge in [-0.15, -0.1) is 10.2 Å². The summed E-state index contributed by atoms with van der Waals surface area (Å²) in [6.07, 6.45) is 0.761. The lowest BCUT2D eigenvalue weighted by molar-refractivity contribution is 0.205. The van der Waals surface area contributed by atoms with Gasteiger partial charge in [0.15, 0.2) is 0 Å². The molecule has 0 atom stereocenters. The van der Waals surface area contributed by atoms with Crippen LogP contribution >= 0.6 is 0 Å². The second-order valence-corrected chi connectivity index (χ2v) is 2.90. The van der Waals surface area contributed by atoms with Crippen LogP contribution in [-0.2, 0) is 13.0 Å². The molecule has 5 nitrogen and oxygen atoms in total. The summed E-state index contributed by atoms with van der Waals surface area (Å²) in [5.41, 5.74) is 0. The molecule has 0 fully saturated rings. The molecule has 5 heteroatoms. The van der Waals surface area contributed by atoms with Crippen LogP contribution in [0.3, 0.4) is 0 Å². The highest BCUT2D eigenvalue weighted by atomic mass is 16.4. The second kappa shape index (κ2) is 4.94. The van der Waals surface area contributed by atoms with Gasteiger partial charge < -0.3 is 9.52 Å². The summed E-state index contributed by atoms with van der Waals surface area (Å²) < 4.78 is 5.30. The lowest BCUT2D eigenvalue weighted by Gasteiger charge is -2.10. The number of hydrogen-bond acceptors (Lipinski definition) is 5. The third kappa shape index (κ3) is 3.12. The number of nitrogens with zero attached hydrogens (tertiary/aromatic N) is 3. The van der Waals surface area contributed by atoms with E-state index in [0.717, 1.165) is 6.42 Å². The number of aryl methyl sites for hydroxylation is 1. The minimum absolute atomic E-state index is 0.144. The molecule has 0 bridgehead atoms. The van der Waals surface area contributed by atoms with Crippen LogP contribution in [0.2, 0.25) is 0 Å². The van der Waals surface area contributed by atoms with Gasteiger partial charge in [-0.25, -0.2) is 0 Å². The maximum atomic E-state index is 8.66. The van der Waals surface area contributed by atoms with E-state index in [1.54, 1.807) is 0 Å². The summed E-state index contributed by atoms with van der Waals surface area (Å²) in [5, 5.41) is 16.4. The Bertz CT molecular complexity index is 249. The normalized spacial score (nSPS) is 11.1. The Morgan fingerprint density at radius 1 is 1.38 bits per heavy atom. The first-order valence-corrected chi connectivity index (χ1v) is 4.37. The fraction of sp³-hybridized carbons (Fsp3) is 0.750. The third-order valence-electron chi connectivity index (χ3n) is 1.70. The zero-order chi connectivity index (χ0) is 9.68. The molecule has 1 aromatic heterocycles. The molecule has 13 heavy (non-hydrogen) atoms. The predicted molar refractivity (Wildman–Crippen MR) is 47.1 cm³/mol. The lowest BCUT2D eigenvalue weighted by Crippen LogP contribution is -2.21. The summed E-state index contributed by atoms with van der Waals surface area (Å²) in [6, 6.07) is 0. The molecule has 0 radical (unpaired) electrons. The quantitative estimate of drug-likeness (QED) is 0.702. The van der Waals surface area contributed by atoms with Gasteiger partial charge in [0.2, 0.25) is 11.8 Å². The van der Waals surface area contributed by atoms with Crippen molar-refractivity contribution in [1.29, 1.82) is 0 Å². The summed E-state index contributed by atoms with van der Waals surface area (Å²) in [5.74, 6) is 1.26. The van der Waals surface area contributed by atoms with E-state index in [9.17, 15) is 0 Å². The average molecular weight is 185 g/mol. The fourth-order valence-corrected chi connectivity index (χ4v) is 0.976. The Balaban J connectivity index is 2.44. The van der Waals surface area contributed by atoms with Gasteiger partial charge in [-0.1, -0.05) is 6.92 Å². The molecular weight excluding hydrogens is 170 g/mol. The van der Waals surface area contributed by atoms with Crippen LogP contribution in [0.5, 0.6) is 0 Å². The molecule has 0 aromatic carbocycles. The van der Waals surface area contributed by atoms with E-state index < -0.39 is 0 Å². The van der Waals surface area contributed by atoms with Crippen molar-refractivity contribution in [2.24, 2.45) is 0 Å². The molecule has 1 aromatic rings. The molecule has 1 N–H and O–H groups in total. The zero-order valence-corrected chi connectivity index (χ0v) is 8.03. The van der Waals surface area contributed by atoms with E-state index in [4.69, 9.17) is 9.52 Å². The molecule has 0 saturated heterocycles. The highest BCUT2D eigenvalue weighted by molar-refractivity contribution is 4.80. The van der Waals surface area contributed by atoms with Crippen molar-refractivity contribution in [3.63, 3.8) is 0 Å². The molecule has 0 amide bonds. The average Bonchev–Trinajstić information content (AvgIpc) is 2.52. The Kier molecular flexibility index (Phi) is 3.85. The minimum Gasteiger partial charge on any atom is -0.424 e. The van der Waals surface area contributed by atoms with E-state index in [-0.39, 0.29) is 6.61 Å². The predicted octanol–water partition coefficient (Wildman–Crippen LogP) is 0.0561. The maximum Gasteiger partial charge on any atom is 0.230 e. The van der Waals surface area contributed by atoms with Gasteiger partial charge in [0.25, 0.3) is 0 Å². The summed E-state index contributed by atoms with van der Waals surface area (Å²) in [4.78, 5) is 1.92. The van der Waals surface area contributed by atoms with E-state index in [1.807, 2.05) is 18.9 Å². The van der Waals surface area contributed by atoms with E-state index in [0.29, 0.717) is 24.9 Å². The molecule has 74 valence electrons. The standard InChI is InChI=1S/C8H15N3O2/c1-3-7-9-10-8(13-7)6-11(2)4-5-12/h12H,3-6H2,1-2H3. The number of rotatable bonds is 5. The first-order chi connectivity index (χ1) is 6.26. The molecule has 0 aliphatic heterocycles. The van der Waals surface area contributed by atoms with Crippen LogP contribution in [0.4, 0.5) is 0 Å². The van der Waals surface area contributed by atoms with E-state index >= 15 is 0 Å². The molecule has 1 heterocycles. The summed E-state index contributed by atoms with van der Waals surface area (Å²) in [7, 11) is 1.89. The molecular formula is C8H15N3O2. The van der Waals surface area contributed by atoms with E-state index in [1.165, 1.54) is 0 Å². The van der Waals surface area contributed by atoms with Crippen LogP contribution in [-0.4, -0.2) is 40.4 Å². The van der Waals surface area contributed by atoms with Crippen LogP contribution in [0.1, 0.15) is 18.7 Å². The van der Waals surface area contributed by atoms with Crippen molar-refractivity contribution in [2.45, 2.75) is 19.9 Å². The Hall–Kier alpha value is -0.940. The van der Waals surface area contributed by atoms with Crippen LogP contribution < -0.4 is 0 Å². The Labute approximate surface area is 77.4 Å². The topological polar surface area (TPSA) is 62.4 Å². The van der Waals surface area contributed by atoms with Crippen molar-refractivity contribution < 1.29 is 9.52 Å². The number of aliphatic hydroxyl groups is 1. The van der Waals surface area contributed by atoms with Gasteiger partial charge in [0, 0.05) is 13.0 Å². The Morgan fingerprint density at radius 2 is 2.08 bits per heavy atom. The smallest absolute Gasteiger partial charge is 0.230 e. The zero-order valence-electron chi connectivity index (χ0n) is 8.03. The second-order valence-electron chi connectivity index (χ2n) is 2.90. The van der Waals surface area contributed by atoms with Crippen molar-refractivity contribution >= 4 is 0 Å². The van der Waals surface area contributed by atoms with Gasteiger partial charge in [-0.3, -0.25) is 4.90 Å². The van der Waals surface area contributed by atoms with Crippen LogP contribution in [0.25, 0.3) is 0 Å². The molecule has 0 saturated carbocycles. The molecule has 0 aliphatic rings. The Morgan fingerprint density at radius 3 is 2.62 bits per heavy atom. The molecule has 0 spiro atoms. The number of likely N-dealkylation sites (N-methyl/N-ethyl adjacent to an activating group) is 1. The van der Waals surface area contributed by atoms with Crippen molar-refractivity contribution in [2.75, 3.05) is 20.2 Å². The van der Waals surface area contributed by atoms with Crippen molar-refractivity contribution in [3.05, 3.63) is 11.8 Å². The first kappa shape index (κ1) is 10.1.